The minimum atomic E-state index is 0.185. The van der Waals surface area contributed by atoms with Crippen LogP contribution in [0.15, 0.2) is 0 Å². The van der Waals surface area contributed by atoms with Gasteiger partial charge in [0, 0.05) is 23.7 Å². The van der Waals surface area contributed by atoms with Crippen molar-refractivity contribution < 1.29 is 4.79 Å². The molecule has 0 saturated carbocycles. The van der Waals surface area contributed by atoms with E-state index in [1.807, 2.05) is 18.7 Å². The van der Waals surface area contributed by atoms with Crippen LogP contribution in [-0.2, 0) is 11.2 Å². The molecule has 1 unspecified atom stereocenters. The van der Waals surface area contributed by atoms with Gasteiger partial charge < -0.3 is 0 Å². The third kappa shape index (κ3) is 2.04. The van der Waals surface area contributed by atoms with Gasteiger partial charge in [-0.3, -0.25) is 9.69 Å². The summed E-state index contributed by atoms with van der Waals surface area (Å²) in [4.78, 5) is 22.7. The predicted molar refractivity (Wildman–Crippen MR) is 67.1 cm³/mol. The van der Waals surface area contributed by atoms with E-state index < -0.39 is 0 Å². The Balaban J connectivity index is 2.54. The molecule has 2 heterocycles. The second-order valence-electron chi connectivity index (χ2n) is 4.68. The van der Waals surface area contributed by atoms with Crippen LogP contribution in [0.5, 0.6) is 0 Å². The van der Waals surface area contributed by atoms with Gasteiger partial charge in [-0.15, -0.1) is 0 Å². The second-order valence-corrected chi connectivity index (χ2v) is 4.68. The predicted octanol–water partition coefficient (Wildman–Crippen LogP) is 2.17. The molecule has 1 aromatic rings. The molecule has 0 aromatic carbocycles. The Labute approximate surface area is 102 Å². The molecule has 0 fully saturated rings. The maximum atomic E-state index is 12.0. The lowest BCUT2D eigenvalue weighted by atomic mass is 10.0. The van der Waals surface area contributed by atoms with Crippen LogP contribution in [0.2, 0.25) is 0 Å². The van der Waals surface area contributed by atoms with Gasteiger partial charge in [0.05, 0.1) is 0 Å². The average Bonchev–Trinajstić information content (AvgIpc) is 2.27. The van der Waals surface area contributed by atoms with E-state index >= 15 is 0 Å². The SMILES string of the molecule is CCC(C)N1C(=O)CCc2c(C)nc(C)nc21. The summed E-state index contributed by atoms with van der Waals surface area (Å²) in [6.45, 7) is 8.03. The highest BCUT2D eigenvalue weighted by molar-refractivity contribution is 5.95. The van der Waals surface area contributed by atoms with Crippen molar-refractivity contribution in [1.82, 2.24) is 9.97 Å². The van der Waals surface area contributed by atoms with E-state index in [-0.39, 0.29) is 11.9 Å². The van der Waals surface area contributed by atoms with E-state index in [9.17, 15) is 4.79 Å². The number of anilines is 1. The number of amides is 1. The Morgan fingerprint density at radius 2 is 2.00 bits per heavy atom. The lowest BCUT2D eigenvalue weighted by molar-refractivity contribution is -0.119. The number of hydrogen-bond donors (Lipinski definition) is 0. The summed E-state index contributed by atoms with van der Waals surface area (Å²) in [6.07, 6.45) is 2.28. The fraction of sp³-hybridized carbons (Fsp3) is 0.615. The minimum Gasteiger partial charge on any atom is -0.294 e. The van der Waals surface area contributed by atoms with Crippen molar-refractivity contribution in [3.8, 4) is 0 Å². The molecule has 0 bridgehead atoms. The molecule has 17 heavy (non-hydrogen) atoms. The number of carbonyl (C=O) groups excluding carboxylic acids is 1. The Bertz CT molecular complexity index is 456. The standard InChI is InChI=1S/C13H19N3O/c1-5-8(2)16-12(17)7-6-11-9(3)14-10(4)15-13(11)16/h8H,5-7H2,1-4H3. The number of rotatable bonds is 2. The van der Waals surface area contributed by atoms with Gasteiger partial charge in [0.15, 0.2) is 0 Å². The van der Waals surface area contributed by atoms with Crippen LogP contribution in [0.25, 0.3) is 0 Å². The van der Waals surface area contributed by atoms with E-state index in [1.165, 1.54) is 0 Å². The number of carbonyl (C=O) groups is 1. The van der Waals surface area contributed by atoms with E-state index in [2.05, 4.69) is 23.8 Å². The Kier molecular flexibility index (Phi) is 3.13. The molecule has 1 aliphatic heterocycles. The fourth-order valence-corrected chi connectivity index (χ4v) is 2.32. The van der Waals surface area contributed by atoms with Gasteiger partial charge >= 0.3 is 0 Å². The zero-order chi connectivity index (χ0) is 12.6. The number of hydrogen-bond acceptors (Lipinski definition) is 3. The normalized spacial score (nSPS) is 16.9. The van der Waals surface area contributed by atoms with Gasteiger partial charge in [-0.1, -0.05) is 6.92 Å². The van der Waals surface area contributed by atoms with Crippen LogP contribution in [0, 0.1) is 13.8 Å². The zero-order valence-electron chi connectivity index (χ0n) is 10.9. The highest BCUT2D eigenvalue weighted by Gasteiger charge is 2.30. The quantitative estimate of drug-likeness (QED) is 0.786. The number of nitrogens with zero attached hydrogens (tertiary/aromatic N) is 3. The fourth-order valence-electron chi connectivity index (χ4n) is 2.32. The third-order valence-corrected chi connectivity index (χ3v) is 3.42. The molecule has 0 aliphatic carbocycles. The van der Waals surface area contributed by atoms with Crippen LogP contribution >= 0.6 is 0 Å². The van der Waals surface area contributed by atoms with Crippen LogP contribution in [0.4, 0.5) is 5.82 Å². The molecule has 1 amide bonds. The zero-order valence-corrected chi connectivity index (χ0v) is 10.9. The summed E-state index contributed by atoms with van der Waals surface area (Å²) in [6, 6.07) is 0.204. The van der Waals surface area contributed by atoms with E-state index in [4.69, 9.17) is 0 Å². The summed E-state index contributed by atoms with van der Waals surface area (Å²) in [5.41, 5.74) is 2.14. The van der Waals surface area contributed by atoms with Crippen molar-refractivity contribution >= 4 is 11.7 Å². The summed E-state index contributed by atoms with van der Waals surface area (Å²) < 4.78 is 0. The molecule has 0 spiro atoms. The van der Waals surface area contributed by atoms with E-state index in [0.29, 0.717) is 6.42 Å². The molecule has 4 nitrogen and oxygen atoms in total. The lowest BCUT2D eigenvalue weighted by Gasteiger charge is -2.33. The Morgan fingerprint density at radius 1 is 1.29 bits per heavy atom. The first-order valence-corrected chi connectivity index (χ1v) is 6.20. The van der Waals surface area contributed by atoms with Gasteiger partial charge in [0.1, 0.15) is 11.6 Å². The van der Waals surface area contributed by atoms with Gasteiger partial charge in [0.25, 0.3) is 0 Å². The highest BCUT2D eigenvalue weighted by atomic mass is 16.2. The molecule has 2 rings (SSSR count). The first kappa shape index (κ1) is 12.0. The number of aryl methyl sites for hydroxylation is 2. The van der Waals surface area contributed by atoms with Crippen molar-refractivity contribution in [2.45, 2.75) is 53.0 Å². The summed E-state index contributed by atoms with van der Waals surface area (Å²) in [5.74, 6) is 1.76. The van der Waals surface area contributed by atoms with Gasteiger partial charge in [-0.2, -0.15) is 0 Å². The highest BCUT2D eigenvalue weighted by Crippen LogP contribution is 2.29. The molecular weight excluding hydrogens is 214 g/mol. The van der Waals surface area contributed by atoms with Crippen molar-refractivity contribution in [2.24, 2.45) is 0 Å². The topological polar surface area (TPSA) is 46.1 Å². The monoisotopic (exact) mass is 233 g/mol. The smallest absolute Gasteiger partial charge is 0.228 e. The van der Waals surface area contributed by atoms with E-state index in [0.717, 1.165) is 35.7 Å². The first-order valence-electron chi connectivity index (χ1n) is 6.20. The third-order valence-electron chi connectivity index (χ3n) is 3.42. The second kappa shape index (κ2) is 4.43. The summed E-state index contributed by atoms with van der Waals surface area (Å²) in [5, 5.41) is 0. The molecule has 1 atom stereocenters. The molecule has 0 saturated heterocycles. The molecule has 92 valence electrons. The number of fused-ring (bicyclic) bond motifs is 1. The molecule has 0 N–H and O–H groups in total. The van der Waals surface area contributed by atoms with Crippen molar-refractivity contribution in [3.05, 3.63) is 17.1 Å². The lowest BCUT2D eigenvalue weighted by Crippen LogP contribution is -2.42. The Morgan fingerprint density at radius 3 is 2.65 bits per heavy atom. The molecular formula is C13H19N3O. The van der Waals surface area contributed by atoms with Crippen LogP contribution in [0.3, 0.4) is 0 Å². The molecule has 0 radical (unpaired) electrons. The van der Waals surface area contributed by atoms with Crippen LogP contribution in [0.1, 0.15) is 43.8 Å². The van der Waals surface area contributed by atoms with Crippen LogP contribution < -0.4 is 4.90 Å². The van der Waals surface area contributed by atoms with Gasteiger partial charge in [-0.05, 0) is 33.6 Å². The average molecular weight is 233 g/mol. The molecule has 1 aliphatic rings. The molecule has 4 heteroatoms. The largest absolute Gasteiger partial charge is 0.294 e. The minimum absolute atomic E-state index is 0.185. The summed E-state index contributed by atoms with van der Waals surface area (Å²) >= 11 is 0. The first-order chi connectivity index (χ1) is 8.04. The van der Waals surface area contributed by atoms with Crippen molar-refractivity contribution in [1.29, 1.82) is 0 Å². The van der Waals surface area contributed by atoms with Gasteiger partial charge in [-0.25, -0.2) is 9.97 Å². The van der Waals surface area contributed by atoms with E-state index in [1.54, 1.807) is 0 Å². The summed E-state index contributed by atoms with van der Waals surface area (Å²) in [7, 11) is 0. The van der Waals surface area contributed by atoms with Crippen LogP contribution in [-0.4, -0.2) is 21.9 Å². The van der Waals surface area contributed by atoms with Gasteiger partial charge in [0.2, 0.25) is 5.91 Å². The maximum absolute atomic E-state index is 12.0. The molecule has 1 aromatic heterocycles. The Hall–Kier alpha value is -1.45. The van der Waals surface area contributed by atoms with Crippen molar-refractivity contribution in [2.75, 3.05) is 4.90 Å². The number of aromatic nitrogens is 2. The van der Waals surface area contributed by atoms with Crippen molar-refractivity contribution in [3.63, 3.8) is 0 Å². The maximum Gasteiger partial charge on any atom is 0.228 e.